The lowest BCUT2D eigenvalue weighted by Crippen LogP contribution is -2.47. The number of carbonyl (C=O) groups excluding carboxylic acids is 1. The van der Waals surface area contributed by atoms with E-state index in [-0.39, 0.29) is 29.3 Å². The molecule has 2 aliphatic rings. The number of aliphatic hydroxyl groups excluding tert-OH is 2. The monoisotopic (exact) mass is 244 g/mol. The molecule has 0 aromatic heterocycles. The van der Waals surface area contributed by atoms with Crippen LogP contribution in [0.1, 0.15) is 13.3 Å². The maximum atomic E-state index is 11.7. The third kappa shape index (κ3) is 2.18. The second-order valence-electron chi connectivity index (χ2n) is 4.10. The molecule has 3 N–H and O–H groups in total. The minimum atomic E-state index is -0.541. The average Bonchev–Trinajstić information content (AvgIpc) is 2.59. The van der Waals surface area contributed by atoms with Crippen LogP contribution in [0.25, 0.3) is 0 Å². The van der Waals surface area contributed by atoms with Gasteiger partial charge in [-0.1, -0.05) is 0 Å². The van der Waals surface area contributed by atoms with E-state index >= 15 is 0 Å². The van der Waals surface area contributed by atoms with Gasteiger partial charge >= 0.3 is 6.03 Å². The number of nitrogens with zero attached hydrogens (tertiary/aromatic N) is 1. The van der Waals surface area contributed by atoms with E-state index in [9.17, 15) is 9.90 Å². The molecule has 4 atom stereocenters. The summed E-state index contributed by atoms with van der Waals surface area (Å²) < 4.78 is 0. The Labute approximate surface area is 98.5 Å². The van der Waals surface area contributed by atoms with Crippen molar-refractivity contribution in [3.05, 3.63) is 12.3 Å². The Bertz CT molecular complexity index is 310. The molecule has 0 radical (unpaired) electrons. The first kappa shape index (κ1) is 11.8. The molecular formula is C10H16N2O3S. The van der Waals surface area contributed by atoms with Gasteiger partial charge < -0.3 is 15.5 Å². The summed E-state index contributed by atoms with van der Waals surface area (Å²) in [6.07, 6.45) is 3.62. The number of urea groups is 1. The lowest BCUT2D eigenvalue weighted by Gasteiger charge is -2.30. The largest absolute Gasteiger partial charge is 0.395 e. The number of hydrogen-bond donors (Lipinski definition) is 3. The zero-order valence-corrected chi connectivity index (χ0v) is 9.85. The summed E-state index contributed by atoms with van der Waals surface area (Å²) in [5.41, 5.74) is 0. The molecule has 0 aromatic carbocycles. The Hall–Kier alpha value is -0.720. The molecule has 0 spiro atoms. The summed E-state index contributed by atoms with van der Waals surface area (Å²) in [6, 6.07) is -0.0907. The molecule has 0 aromatic rings. The normalized spacial score (nSPS) is 38.9. The maximum Gasteiger partial charge on any atom is 0.322 e. The van der Waals surface area contributed by atoms with Gasteiger partial charge in [-0.05, 0) is 13.0 Å². The number of nitrogens with one attached hydrogen (secondary N) is 1. The van der Waals surface area contributed by atoms with Gasteiger partial charge in [-0.2, -0.15) is 0 Å². The first-order valence-corrected chi connectivity index (χ1v) is 6.27. The zero-order valence-electron chi connectivity index (χ0n) is 9.04. The van der Waals surface area contributed by atoms with Crippen molar-refractivity contribution >= 4 is 17.8 Å². The summed E-state index contributed by atoms with van der Waals surface area (Å²) in [5, 5.41) is 21.2. The van der Waals surface area contributed by atoms with Gasteiger partial charge in [0.05, 0.1) is 23.3 Å². The van der Waals surface area contributed by atoms with Crippen LogP contribution in [0.3, 0.4) is 0 Å². The predicted octanol–water partition coefficient (Wildman–Crippen LogP) is 0.0986. The molecule has 1 fully saturated rings. The van der Waals surface area contributed by atoms with Crippen LogP contribution in [0.15, 0.2) is 12.3 Å². The van der Waals surface area contributed by atoms with Gasteiger partial charge in [-0.15, -0.1) is 11.8 Å². The van der Waals surface area contributed by atoms with Gasteiger partial charge in [0.1, 0.15) is 0 Å². The minimum Gasteiger partial charge on any atom is -0.395 e. The van der Waals surface area contributed by atoms with E-state index < -0.39 is 6.10 Å². The topological polar surface area (TPSA) is 72.8 Å². The third-order valence-corrected chi connectivity index (χ3v) is 4.36. The van der Waals surface area contributed by atoms with Crippen LogP contribution in [0, 0.1) is 0 Å². The second-order valence-corrected chi connectivity index (χ2v) is 5.52. The summed E-state index contributed by atoms with van der Waals surface area (Å²) >= 11 is 1.44. The highest BCUT2D eigenvalue weighted by molar-refractivity contribution is 8.00. The van der Waals surface area contributed by atoms with Gasteiger partial charge in [-0.3, -0.25) is 4.90 Å². The van der Waals surface area contributed by atoms with Gasteiger partial charge in [0.2, 0.25) is 0 Å². The zero-order chi connectivity index (χ0) is 11.7. The second kappa shape index (κ2) is 4.65. The van der Waals surface area contributed by atoms with Crippen molar-refractivity contribution in [1.82, 2.24) is 10.2 Å². The maximum absolute atomic E-state index is 11.7. The van der Waals surface area contributed by atoms with Crippen LogP contribution in [0.2, 0.25) is 0 Å². The minimum absolute atomic E-state index is 0.0497. The lowest BCUT2D eigenvalue weighted by atomic mass is 10.2. The van der Waals surface area contributed by atoms with Gasteiger partial charge in [0, 0.05) is 18.7 Å². The highest BCUT2D eigenvalue weighted by Crippen LogP contribution is 2.36. The van der Waals surface area contributed by atoms with Crippen molar-refractivity contribution in [3.8, 4) is 0 Å². The van der Waals surface area contributed by atoms with E-state index in [2.05, 4.69) is 5.32 Å². The Kier molecular flexibility index (Phi) is 3.41. The van der Waals surface area contributed by atoms with Crippen molar-refractivity contribution in [2.24, 2.45) is 0 Å². The molecule has 90 valence electrons. The molecule has 5 nitrogen and oxygen atoms in total. The highest BCUT2D eigenvalue weighted by Gasteiger charge is 2.38. The molecule has 0 aliphatic carbocycles. The summed E-state index contributed by atoms with van der Waals surface area (Å²) in [5.74, 6) is 0. The predicted molar refractivity (Wildman–Crippen MR) is 61.8 cm³/mol. The van der Waals surface area contributed by atoms with Crippen molar-refractivity contribution in [2.75, 3.05) is 6.61 Å². The Morgan fingerprint density at radius 3 is 3.00 bits per heavy atom. The number of amides is 2. The summed E-state index contributed by atoms with van der Waals surface area (Å²) in [4.78, 5) is 13.3. The summed E-state index contributed by atoms with van der Waals surface area (Å²) in [7, 11) is 0. The Morgan fingerprint density at radius 1 is 1.69 bits per heavy atom. The van der Waals surface area contributed by atoms with E-state index in [0.29, 0.717) is 6.42 Å². The van der Waals surface area contributed by atoms with Crippen LogP contribution in [-0.2, 0) is 0 Å². The summed E-state index contributed by atoms with van der Waals surface area (Å²) in [6.45, 7) is 1.84. The number of aliphatic hydroxyl groups is 2. The number of carbonyl (C=O) groups is 1. The van der Waals surface area contributed by atoms with Gasteiger partial charge in [-0.25, -0.2) is 4.79 Å². The molecule has 1 saturated heterocycles. The molecule has 2 heterocycles. The molecule has 0 bridgehead atoms. The van der Waals surface area contributed by atoms with Gasteiger partial charge in [0.15, 0.2) is 0 Å². The van der Waals surface area contributed by atoms with Crippen LogP contribution in [0.5, 0.6) is 0 Å². The van der Waals surface area contributed by atoms with Crippen molar-refractivity contribution in [3.63, 3.8) is 0 Å². The molecule has 2 aliphatic heterocycles. The third-order valence-electron chi connectivity index (χ3n) is 2.82. The van der Waals surface area contributed by atoms with E-state index in [1.165, 1.54) is 11.8 Å². The van der Waals surface area contributed by atoms with Crippen LogP contribution < -0.4 is 5.32 Å². The fraction of sp³-hybridized carbons (Fsp3) is 0.700. The Morgan fingerprint density at radius 2 is 2.44 bits per heavy atom. The number of rotatable bonds is 2. The van der Waals surface area contributed by atoms with Crippen LogP contribution in [0.4, 0.5) is 4.79 Å². The van der Waals surface area contributed by atoms with E-state index in [1.54, 1.807) is 11.1 Å². The number of hydrogen-bond acceptors (Lipinski definition) is 4. The fourth-order valence-corrected chi connectivity index (χ4v) is 3.27. The van der Waals surface area contributed by atoms with E-state index in [1.807, 2.05) is 13.0 Å². The number of thioether (sulfide) groups is 1. The van der Waals surface area contributed by atoms with E-state index in [4.69, 9.17) is 5.11 Å². The fourth-order valence-electron chi connectivity index (χ4n) is 1.88. The average molecular weight is 244 g/mol. The molecule has 0 saturated carbocycles. The van der Waals surface area contributed by atoms with Crippen molar-refractivity contribution < 1.29 is 15.0 Å². The standard InChI is InChI=1S/C10H16N2O3S/c1-6-2-3-12(10(15)11-6)9-4-7(14)8(5-13)16-9/h2-3,6-9,13-14H,4-5H2,1H3,(H,11,15)/t6?,7-,8+,9+/m0/s1. The Balaban J connectivity index is 2.04. The van der Waals surface area contributed by atoms with Crippen LogP contribution >= 0.6 is 11.8 Å². The molecular weight excluding hydrogens is 228 g/mol. The van der Waals surface area contributed by atoms with Crippen LogP contribution in [-0.4, -0.2) is 50.5 Å². The molecule has 6 heteroatoms. The first-order valence-electron chi connectivity index (χ1n) is 5.33. The SMILES string of the molecule is CC1C=CN([C@H]2C[C@H](O)[C@@H](CO)S2)C(=O)N1. The quantitative estimate of drug-likeness (QED) is 0.644. The molecule has 2 rings (SSSR count). The highest BCUT2D eigenvalue weighted by atomic mass is 32.2. The smallest absolute Gasteiger partial charge is 0.322 e. The molecule has 1 unspecified atom stereocenters. The molecule has 16 heavy (non-hydrogen) atoms. The van der Waals surface area contributed by atoms with Gasteiger partial charge in [0.25, 0.3) is 0 Å². The van der Waals surface area contributed by atoms with E-state index in [0.717, 1.165) is 0 Å². The van der Waals surface area contributed by atoms with Crippen molar-refractivity contribution in [2.45, 2.75) is 36.1 Å². The lowest BCUT2D eigenvalue weighted by molar-refractivity contribution is 0.132. The molecule has 2 amide bonds. The first-order chi connectivity index (χ1) is 7.61. The van der Waals surface area contributed by atoms with Crippen molar-refractivity contribution in [1.29, 1.82) is 0 Å².